The van der Waals surface area contributed by atoms with E-state index in [1.807, 2.05) is 29.4 Å². The van der Waals surface area contributed by atoms with Crippen molar-refractivity contribution in [3.63, 3.8) is 0 Å². The molecule has 2 fully saturated rings. The van der Waals surface area contributed by atoms with E-state index < -0.39 is 0 Å². The molecule has 1 atom stereocenters. The van der Waals surface area contributed by atoms with Crippen molar-refractivity contribution in [3.05, 3.63) is 60.0 Å². The lowest BCUT2D eigenvalue weighted by Gasteiger charge is -2.25. The van der Waals surface area contributed by atoms with Gasteiger partial charge in [0.05, 0.1) is 11.2 Å². The van der Waals surface area contributed by atoms with Crippen LogP contribution < -0.4 is 4.90 Å². The maximum Gasteiger partial charge on any atom is 0.225 e. The Morgan fingerprint density at radius 2 is 1.85 bits per heavy atom. The van der Waals surface area contributed by atoms with Crippen molar-refractivity contribution in [1.82, 2.24) is 24.8 Å². The van der Waals surface area contributed by atoms with Crippen LogP contribution in [0.4, 0.5) is 5.95 Å². The molecule has 0 spiro atoms. The van der Waals surface area contributed by atoms with E-state index in [9.17, 15) is 4.79 Å². The summed E-state index contributed by atoms with van der Waals surface area (Å²) < 4.78 is 0. The Morgan fingerprint density at radius 1 is 0.970 bits per heavy atom. The molecule has 1 aromatic carbocycles. The van der Waals surface area contributed by atoms with E-state index in [2.05, 4.69) is 44.0 Å². The van der Waals surface area contributed by atoms with Gasteiger partial charge in [0, 0.05) is 70.5 Å². The highest BCUT2D eigenvalue weighted by molar-refractivity contribution is 5.82. The minimum atomic E-state index is 0.153. The highest BCUT2D eigenvalue weighted by Gasteiger charge is 2.25. The zero-order chi connectivity index (χ0) is 22.6. The topological polar surface area (TPSA) is 65.5 Å². The van der Waals surface area contributed by atoms with E-state index >= 15 is 0 Å². The van der Waals surface area contributed by atoms with Crippen molar-refractivity contribution in [2.45, 2.75) is 32.7 Å². The fraction of sp³-hybridized carbons (Fsp3) is 0.462. The van der Waals surface area contributed by atoms with E-state index in [0.29, 0.717) is 5.92 Å². The zero-order valence-electron chi connectivity index (χ0n) is 19.4. The molecule has 0 bridgehead atoms. The molecule has 0 N–H and O–H groups in total. The summed E-state index contributed by atoms with van der Waals surface area (Å²) in [5.41, 5.74) is 3.38. The molecule has 172 valence electrons. The number of carbonyl (C=O) groups excluding carboxylic acids is 1. The van der Waals surface area contributed by atoms with Crippen molar-refractivity contribution >= 4 is 22.8 Å². The Kier molecular flexibility index (Phi) is 6.48. The number of carbonyl (C=O) groups is 1. The van der Waals surface area contributed by atoms with Gasteiger partial charge in [0.1, 0.15) is 0 Å². The van der Waals surface area contributed by atoms with Gasteiger partial charge in [0.2, 0.25) is 11.9 Å². The van der Waals surface area contributed by atoms with Crippen molar-refractivity contribution in [2.24, 2.45) is 5.92 Å². The smallest absolute Gasteiger partial charge is 0.225 e. The Morgan fingerprint density at radius 3 is 2.70 bits per heavy atom. The fourth-order valence-corrected chi connectivity index (χ4v) is 5.17. The third-order valence-corrected chi connectivity index (χ3v) is 6.85. The second kappa shape index (κ2) is 9.83. The molecule has 0 aliphatic carbocycles. The first-order valence-electron chi connectivity index (χ1n) is 12.0. The second-order valence-electron chi connectivity index (χ2n) is 9.30. The van der Waals surface area contributed by atoms with Gasteiger partial charge in [-0.2, -0.15) is 0 Å². The number of amides is 1. The largest absolute Gasteiger partial charge is 0.341 e. The van der Waals surface area contributed by atoms with Crippen molar-refractivity contribution in [2.75, 3.05) is 44.2 Å². The van der Waals surface area contributed by atoms with Crippen LogP contribution >= 0.6 is 0 Å². The van der Waals surface area contributed by atoms with Crippen molar-refractivity contribution in [1.29, 1.82) is 0 Å². The van der Waals surface area contributed by atoms with Crippen LogP contribution in [-0.4, -0.2) is 69.9 Å². The van der Waals surface area contributed by atoms with Gasteiger partial charge >= 0.3 is 0 Å². The third-order valence-electron chi connectivity index (χ3n) is 6.85. The van der Waals surface area contributed by atoms with Gasteiger partial charge in [-0.1, -0.05) is 18.2 Å². The third kappa shape index (κ3) is 5.14. The molecular formula is C26H32N6O. The minimum absolute atomic E-state index is 0.153. The number of pyridine rings is 1. The first kappa shape index (κ1) is 21.8. The molecule has 4 heterocycles. The number of nitrogens with zero attached hydrogens (tertiary/aromatic N) is 6. The van der Waals surface area contributed by atoms with Crippen LogP contribution in [0.2, 0.25) is 0 Å². The molecule has 0 unspecified atom stereocenters. The van der Waals surface area contributed by atoms with Crippen molar-refractivity contribution < 1.29 is 4.79 Å². The molecule has 1 amide bonds. The first-order valence-corrected chi connectivity index (χ1v) is 12.0. The van der Waals surface area contributed by atoms with Crippen LogP contribution in [-0.2, 0) is 17.8 Å². The maximum absolute atomic E-state index is 12.3. The summed E-state index contributed by atoms with van der Waals surface area (Å²) in [6.45, 7) is 7.88. The molecule has 3 aromatic rings. The van der Waals surface area contributed by atoms with Gasteiger partial charge in [0.15, 0.2) is 0 Å². The number of anilines is 1. The summed E-state index contributed by atoms with van der Waals surface area (Å²) in [7, 11) is 0. The van der Waals surface area contributed by atoms with E-state index in [1.165, 1.54) is 23.8 Å². The lowest BCUT2D eigenvalue weighted by Crippen LogP contribution is -2.34. The van der Waals surface area contributed by atoms with Gasteiger partial charge < -0.3 is 9.80 Å². The molecule has 7 heteroatoms. The Bertz CT molecular complexity index is 1110. The molecule has 0 saturated carbocycles. The number of benzene rings is 1. The molecule has 2 aliphatic rings. The highest BCUT2D eigenvalue weighted by atomic mass is 16.2. The van der Waals surface area contributed by atoms with E-state index in [-0.39, 0.29) is 5.91 Å². The van der Waals surface area contributed by atoms with Crippen LogP contribution in [0.1, 0.15) is 31.0 Å². The SMILES string of the molecule is CC(=O)N1CCN(Cc2ccnc(N3CCCC3)n2)C[C@H](Cc2cccc3ncccc23)C1. The number of aromatic nitrogens is 3. The number of hydrogen-bond acceptors (Lipinski definition) is 6. The predicted octanol–water partition coefficient (Wildman–Crippen LogP) is 3.15. The van der Waals surface area contributed by atoms with Crippen LogP contribution in [0.15, 0.2) is 48.8 Å². The number of hydrogen-bond donors (Lipinski definition) is 0. The molecule has 0 radical (unpaired) electrons. The zero-order valence-corrected chi connectivity index (χ0v) is 19.4. The first-order chi connectivity index (χ1) is 16.2. The molecule has 2 aromatic heterocycles. The average molecular weight is 445 g/mol. The normalized spacial score (nSPS) is 19.7. The summed E-state index contributed by atoms with van der Waals surface area (Å²) in [4.78, 5) is 32.9. The minimum Gasteiger partial charge on any atom is -0.341 e. The fourth-order valence-electron chi connectivity index (χ4n) is 5.17. The standard InChI is InChI=1S/C26H32N6O/c1-20(33)32-15-14-30(19-23-9-11-28-26(29-23)31-12-2-3-13-31)17-21(18-32)16-22-6-4-8-25-24(22)7-5-10-27-25/h4-11,21H,2-3,12-19H2,1H3/t21-/m0/s1. The van der Waals surface area contributed by atoms with Gasteiger partial charge in [-0.05, 0) is 48.9 Å². The molecule has 2 aliphatic heterocycles. The number of fused-ring (bicyclic) bond motifs is 1. The molecular weight excluding hydrogens is 412 g/mol. The Balaban J connectivity index is 1.34. The van der Waals surface area contributed by atoms with E-state index in [4.69, 9.17) is 4.98 Å². The quantitative estimate of drug-likeness (QED) is 0.602. The number of rotatable bonds is 5. The summed E-state index contributed by atoms with van der Waals surface area (Å²) >= 11 is 0. The lowest BCUT2D eigenvalue weighted by atomic mass is 9.95. The molecule has 7 nitrogen and oxygen atoms in total. The van der Waals surface area contributed by atoms with Gasteiger partial charge in [0.25, 0.3) is 0 Å². The lowest BCUT2D eigenvalue weighted by molar-refractivity contribution is -0.129. The van der Waals surface area contributed by atoms with Crippen LogP contribution in [0.3, 0.4) is 0 Å². The summed E-state index contributed by atoms with van der Waals surface area (Å²) in [6, 6.07) is 12.5. The Hall–Kier alpha value is -3.06. The molecule has 5 rings (SSSR count). The van der Waals surface area contributed by atoms with E-state index in [1.54, 1.807) is 6.92 Å². The summed E-state index contributed by atoms with van der Waals surface area (Å²) in [5.74, 6) is 1.35. The van der Waals surface area contributed by atoms with Crippen LogP contribution in [0.25, 0.3) is 10.9 Å². The highest BCUT2D eigenvalue weighted by Crippen LogP contribution is 2.23. The molecule has 2 saturated heterocycles. The summed E-state index contributed by atoms with van der Waals surface area (Å²) in [6.07, 6.45) is 7.08. The average Bonchev–Trinajstić information content (AvgIpc) is 3.29. The predicted molar refractivity (Wildman–Crippen MR) is 130 cm³/mol. The van der Waals surface area contributed by atoms with Gasteiger partial charge in [-0.25, -0.2) is 9.97 Å². The van der Waals surface area contributed by atoms with Crippen LogP contribution in [0, 0.1) is 5.92 Å². The monoisotopic (exact) mass is 444 g/mol. The van der Waals surface area contributed by atoms with E-state index in [0.717, 1.165) is 69.4 Å². The maximum atomic E-state index is 12.3. The van der Waals surface area contributed by atoms with Gasteiger partial charge in [-0.15, -0.1) is 0 Å². The van der Waals surface area contributed by atoms with Crippen molar-refractivity contribution in [3.8, 4) is 0 Å². The van der Waals surface area contributed by atoms with Gasteiger partial charge in [-0.3, -0.25) is 14.7 Å². The summed E-state index contributed by atoms with van der Waals surface area (Å²) in [5, 5.41) is 1.20. The molecule has 33 heavy (non-hydrogen) atoms. The second-order valence-corrected chi connectivity index (χ2v) is 9.30. The Labute approximate surface area is 195 Å². The van der Waals surface area contributed by atoms with Crippen LogP contribution in [0.5, 0.6) is 0 Å².